The van der Waals surface area contributed by atoms with Crippen molar-refractivity contribution in [1.82, 2.24) is 9.78 Å². The van der Waals surface area contributed by atoms with E-state index in [0.29, 0.717) is 23.9 Å². The third kappa shape index (κ3) is 2.95. The van der Waals surface area contributed by atoms with Crippen molar-refractivity contribution in [2.24, 2.45) is 0 Å². The number of rotatable bonds is 6. The van der Waals surface area contributed by atoms with E-state index < -0.39 is 6.10 Å². The van der Waals surface area contributed by atoms with Crippen LogP contribution in [-0.2, 0) is 16.0 Å². The molecule has 1 aromatic rings. The van der Waals surface area contributed by atoms with Crippen LogP contribution in [0.2, 0.25) is 5.02 Å². The molecule has 2 atom stereocenters. The first-order valence-electron chi connectivity index (χ1n) is 5.02. The van der Waals surface area contributed by atoms with Gasteiger partial charge in [0.2, 0.25) is 0 Å². The second-order valence-corrected chi connectivity index (χ2v) is 3.89. The molecule has 6 heteroatoms. The Morgan fingerprint density at radius 2 is 2.25 bits per heavy atom. The molecule has 0 saturated carbocycles. The van der Waals surface area contributed by atoms with Crippen LogP contribution in [0.5, 0.6) is 0 Å². The Labute approximate surface area is 99.9 Å². The lowest BCUT2D eigenvalue weighted by Gasteiger charge is -2.19. The number of halogens is 1. The summed E-state index contributed by atoms with van der Waals surface area (Å²) in [7, 11) is 3.15. The molecule has 1 rings (SSSR count). The maximum Gasteiger partial charge on any atom is 0.123 e. The van der Waals surface area contributed by atoms with Gasteiger partial charge >= 0.3 is 0 Å². The van der Waals surface area contributed by atoms with E-state index in [1.807, 2.05) is 0 Å². The van der Waals surface area contributed by atoms with Crippen LogP contribution in [0.15, 0.2) is 6.20 Å². The van der Waals surface area contributed by atoms with Gasteiger partial charge in [-0.3, -0.25) is 4.68 Å². The van der Waals surface area contributed by atoms with Crippen molar-refractivity contribution in [3.63, 3.8) is 0 Å². The lowest BCUT2D eigenvalue weighted by atomic mass is 10.1. The first-order valence-corrected chi connectivity index (χ1v) is 5.40. The summed E-state index contributed by atoms with van der Waals surface area (Å²) in [4.78, 5) is 0. The average molecular weight is 249 g/mol. The SMILES string of the molecule is COCCn1ncc(Cl)c1C(O)C(C)OC. The summed E-state index contributed by atoms with van der Waals surface area (Å²) >= 11 is 5.98. The molecular weight excluding hydrogens is 232 g/mol. The van der Waals surface area contributed by atoms with Crippen LogP contribution < -0.4 is 0 Å². The van der Waals surface area contributed by atoms with Gasteiger partial charge in [-0.2, -0.15) is 5.10 Å². The van der Waals surface area contributed by atoms with Crippen molar-refractivity contribution in [3.05, 3.63) is 16.9 Å². The molecule has 1 heterocycles. The quantitative estimate of drug-likeness (QED) is 0.823. The van der Waals surface area contributed by atoms with Crippen molar-refractivity contribution in [2.45, 2.75) is 25.7 Å². The highest BCUT2D eigenvalue weighted by molar-refractivity contribution is 6.31. The number of nitrogens with zero attached hydrogens (tertiary/aromatic N) is 2. The number of aromatic nitrogens is 2. The maximum atomic E-state index is 10.0. The highest BCUT2D eigenvalue weighted by Gasteiger charge is 2.23. The largest absolute Gasteiger partial charge is 0.384 e. The second-order valence-electron chi connectivity index (χ2n) is 3.48. The summed E-state index contributed by atoms with van der Waals surface area (Å²) < 4.78 is 11.7. The van der Waals surface area contributed by atoms with Crippen LogP contribution in [-0.4, -0.2) is 41.8 Å². The summed E-state index contributed by atoms with van der Waals surface area (Å²) in [5, 5.41) is 14.5. The zero-order valence-corrected chi connectivity index (χ0v) is 10.4. The average Bonchev–Trinajstić information content (AvgIpc) is 2.65. The molecule has 5 nitrogen and oxygen atoms in total. The lowest BCUT2D eigenvalue weighted by Crippen LogP contribution is -2.21. The molecule has 0 aliphatic carbocycles. The van der Waals surface area contributed by atoms with Gasteiger partial charge in [0.15, 0.2) is 0 Å². The van der Waals surface area contributed by atoms with Crippen LogP contribution in [0.3, 0.4) is 0 Å². The molecule has 0 saturated heterocycles. The van der Waals surface area contributed by atoms with E-state index in [4.69, 9.17) is 21.1 Å². The molecule has 0 amide bonds. The standard InChI is InChI=1S/C10H17ClN2O3/c1-7(16-3)10(14)9-8(11)6-12-13(9)4-5-15-2/h6-7,10,14H,4-5H2,1-3H3. The lowest BCUT2D eigenvalue weighted by molar-refractivity contribution is -0.00636. The second kappa shape index (κ2) is 6.20. The van der Waals surface area contributed by atoms with Crippen LogP contribution in [0.25, 0.3) is 0 Å². The fourth-order valence-corrected chi connectivity index (χ4v) is 1.63. The van der Waals surface area contributed by atoms with Gasteiger partial charge < -0.3 is 14.6 Å². The molecular formula is C10H17ClN2O3. The Morgan fingerprint density at radius 3 is 2.81 bits per heavy atom. The zero-order valence-electron chi connectivity index (χ0n) is 9.68. The van der Waals surface area contributed by atoms with Crippen LogP contribution in [0.4, 0.5) is 0 Å². The molecule has 2 unspecified atom stereocenters. The first kappa shape index (κ1) is 13.4. The molecule has 1 aromatic heterocycles. The number of aliphatic hydroxyl groups excluding tert-OH is 1. The molecule has 0 radical (unpaired) electrons. The van der Waals surface area contributed by atoms with E-state index in [0.717, 1.165) is 0 Å². The van der Waals surface area contributed by atoms with Gasteiger partial charge in [0.05, 0.1) is 36.2 Å². The summed E-state index contributed by atoms with van der Waals surface area (Å²) in [6, 6.07) is 0. The van der Waals surface area contributed by atoms with Crippen molar-refractivity contribution in [1.29, 1.82) is 0 Å². The third-order valence-electron chi connectivity index (χ3n) is 2.44. The number of aliphatic hydroxyl groups is 1. The van der Waals surface area contributed by atoms with E-state index in [2.05, 4.69) is 5.10 Å². The van der Waals surface area contributed by atoms with E-state index in [1.54, 1.807) is 18.7 Å². The molecule has 92 valence electrons. The maximum absolute atomic E-state index is 10.0. The minimum Gasteiger partial charge on any atom is -0.384 e. The zero-order chi connectivity index (χ0) is 12.1. The van der Waals surface area contributed by atoms with E-state index in [1.165, 1.54) is 13.3 Å². The summed E-state index contributed by atoms with van der Waals surface area (Å²) in [5.41, 5.74) is 0.563. The van der Waals surface area contributed by atoms with Gasteiger partial charge in [0.1, 0.15) is 6.10 Å². The molecule has 0 spiro atoms. The van der Waals surface area contributed by atoms with E-state index >= 15 is 0 Å². The number of ether oxygens (including phenoxy) is 2. The van der Waals surface area contributed by atoms with Gasteiger partial charge in [-0.05, 0) is 6.92 Å². The summed E-state index contributed by atoms with van der Waals surface area (Å²) in [6.07, 6.45) is 0.380. The molecule has 0 aliphatic heterocycles. The summed E-state index contributed by atoms with van der Waals surface area (Å²) in [5.74, 6) is 0. The number of hydrogen-bond acceptors (Lipinski definition) is 4. The fraction of sp³-hybridized carbons (Fsp3) is 0.700. The summed E-state index contributed by atoms with van der Waals surface area (Å²) in [6.45, 7) is 2.83. The minimum absolute atomic E-state index is 0.338. The Balaban J connectivity index is 2.87. The fourth-order valence-electron chi connectivity index (χ4n) is 1.37. The predicted octanol–water partition coefficient (Wildman–Crippen LogP) is 1.25. The minimum atomic E-state index is -0.795. The number of methoxy groups -OCH3 is 2. The third-order valence-corrected chi connectivity index (χ3v) is 2.73. The molecule has 16 heavy (non-hydrogen) atoms. The van der Waals surface area contributed by atoms with Crippen LogP contribution >= 0.6 is 11.6 Å². The van der Waals surface area contributed by atoms with Crippen LogP contribution in [0.1, 0.15) is 18.7 Å². The highest BCUT2D eigenvalue weighted by atomic mass is 35.5. The van der Waals surface area contributed by atoms with Crippen molar-refractivity contribution in [2.75, 3.05) is 20.8 Å². The molecule has 1 N–H and O–H groups in total. The molecule has 0 aliphatic rings. The van der Waals surface area contributed by atoms with E-state index in [9.17, 15) is 5.11 Å². The molecule has 0 fully saturated rings. The molecule has 0 bridgehead atoms. The van der Waals surface area contributed by atoms with Crippen molar-refractivity contribution < 1.29 is 14.6 Å². The Morgan fingerprint density at radius 1 is 1.56 bits per heavy atom. The molecule has 0 aromatic carbocycles. The topological polar surface area (TPSA) is 56.5 Å². The van der Waals surface area contributed by atoms with Gasteiger partial charge in [0, 0.05) is 14.2 Å². The van der Waals surface area contributed by atoms with Gasteiger partial charge in [-0.1, -0.05) is 11.6 Å². The number of hydrogen-bond donors (Lipinski definition) is 1. The Hall–Kier alpha value is -0.620. The first-order chi connectivity index (χ1) is 7.61. The van der Waals surface area contributed by atoms with Gasteiger partial charge in [-0.15, -0.1) is 0 Å². The Kier molecular flexibility index (Phi) is 5.21. The monoisotopic (exact) mass is 248 g/mol. The van der Waals surface area contributed by atoms with E-state index in [-0.39, 0.29) is 6.10 Å². The van der Waals surface area contributed by atoms with Crippen molar-refractivity contribution in [3.8, 4) is 0 Å². The highest BCUT2D eigenvalue weighted by Crippen LogP contribution is 2.26. The normalized spacial score (nSPS) is 15.1. The van der Waals surface area contributed by atoms with Gasteiger partial charge in [0.25, 0.3) is 0 Å². The predicted molar refractivity (Wildman–Crippen MR) is 60.5 cm³/mol. The van der Waals surface area contributed by atoms with Gasteiger partial charge in [-0.25, -0.2) is 0 Å². The Bertz CT molecular complexity index is 330. The smallest absolute Gasteiger partial charge is 0.123 e. The van der Waals surface area contributed by atoms with Crippen molar-refractivity contribution >= 4 is 11.6 Å². The van der Waals surface area contributed by atoms with Crippen LogP contribution in [0, 0.1) is 0 Å².